The van der Waals surface area contributed by atoms with Crippen LogP contribution in [0.15, 0.2) is 33.8 Å². The monoisotopic (exact) mass is 448 g/mol. The minimum absolute atomic E-state index is 0.0193. The van der Waals surface area contributed by atoms with Crippen molar-refractivity contribution in [1.82, 2.24) is 9.88 Å². The summed E-state index contributed by atoms with van der Waals surface area (Å²) in [6.07, 6.45) is 9.51. The maximum absolute atomic E-state index is 14.3. The molecule has 1 amide bonds. The fourth-order valence-electron chi connectivity index (χ4n) is 6.49. The molecule has 1 aromatic carbocycles. The Morgan fingerprint density at radius 1 is 1.24 bits per heavy atom. The van der Waals surface area contributed by atoms with Gasteiger partial charge in [0.05, 0.1) is 12.3 Å². The third-order valence-corrected chi connectivity index (χ3v) is 8.42. The van der Waals surface area contributed by atoms with Gasteiger partial charge in [0.15, 0.2) is 17.4 Å². The molecular weight excluding hydrogens is 416 g/mol. The molecule has 33 heavy (non-hydrogen) atoms. The van der Waals surface area contributed by atoms with Crippen LogP contribution < -0.4 is 5.73 Å². The van der Waals surface area contributed by atoms with Gasteiger partial charge in [-0.15, -0.1) is 0 Å². The van der Waals surface area contributed by atoms with Gasteiger partial charge < -0.3 is 14.9 Å². The summed E-state index contributed by atoms with van der Waals surface area (Å²) in [5, 5.41) is 0. The van der Waals surface area contributed by atoms with Crippen molar-refractivity contribution in [3.05, 3.63) is 52.7 Å². The fourth-order valence-corrected chi connectivity index (χ4v) is 6.49. The van der Waals surface area contributed by atoms with Crippen LogP contribution in [0.2, 0.25) is 0 Å². The smallest absolute Gasteiger partial charge is 0.262 e. The number of hydrogen-bond acceptors (Lipinski definition) is 6. The first kappa shape index (κ1) is 20.9. The zero-order chi connectivity index (χ0) is 22.8. The second-order valence-corrected chi connectivity index (χ2v) is 10.3. The highest BCUT2D eigenvalue weighted by atomic mass is 16.5. The summed E-state index contributed by atoms with van der Waals surface area (Å²) < 4.78 is 11.3. The molecule has 6 rings (SSSR count). The van der Waals surface area contributed by atoms with Crippen LogP contribution in [0.5, 0.6) is 0 Å². The van der Waals surface area contributed by atoms with Crippen molar-refractivity contribution < 1.29 is 13.9 Å². The van der Waals surface area contributed by atoms with E-state index >= 15 is 0 Å². The van der Waals surface area contributed by atoms with Crippen molar-refractivity contribution in [1.29, 1.82) is 0 Å². The topological polar surface area (TPSA) is 93.9 Å². The first-order valence-corrected chi connectivity index (χ1v) is 12.2. The van der Waals surface area contributed by atoms with E-state index in [2.05, 4.69) is 23.2 Å². The van der Waals surface area contributed by atoms with E-state index in [1.807, 2.05) is 6.92 Å². The van der Waals surface area contributed by atoms with Gasteiger partial charge in [-0.3, -0.25) is 9.69 Å². The maximum Gasteiger partial charge on any atom is 0.262 e. The zero-order valence-corrected chi connectivity index (χ0v) is 19.5. The minimum Gasteiger partial charge on any atom is -0.446 e. The van der Waals surface area contributed by atoms with Crippen LogP contribution >= 0.6 is 0 Å². The molecule has 2 N–H and O–H groups in total. The second-order valence-electron chi connectivity index (χ2n) is 10.3. The highest BCUT2D eigenvalue weighted by molar-refractivity contribution is 6.08. The van der Waals surface area contributed by atoms with E-state index in [4.69, 9.17) is 19.9 Å². The Hall–Kier alpha value is -2.67. The number of aryl methyl sites for hydroxylation is 1. The van der Waals surface area contributed by atoms with Gasteiger partial charge in [-0.25, -0.2) is 9.98 Å². The van der Waals surface area contributed by atoms with Crippen molar-refractivity contribution in [2.75, 3.05) is 13.7 Å². The number of guanidine groups is 1. The average Bonchev–Trinajstić information content (AvgIpc) is 3.47. The van der Waals surface area contributed by atoms with Crippen molar-refractivity contribution in [3.63, 3.8) is 0 Å². The van der Waals surface area contributed by atoms with Gasteiger partial charge in [0.1, 0.15) is 5.76 Å². The molecule has 2 aromatic rings. The highest BCUT2D eigenvalue weighted by Gasteiger charge is 2.66. The number of aromatic nitrogens is 1. The Morgan fingerprint density at radius 2 is 2.03 bits per heavy atom. The molecule has 0 bridgehead atoms. The van der Waals surface area contributed by atoms with Crippen molar-refractivity contribution in [2.24, 2.45) is 16.1 Å². The molecule has 2 fully saturated rings. The van der Waals surface area contributed by atoms with E-state index in [1.165, 1.54) is 24.0 Å². The van der Waals surface area contributed by atoms with Crippen LogP contribution in [0.3, 0.4) is 0 Å². The van der Waals surface area contributed by atoms with Crippen LogP contribution in [0, 0.1) is 12.3 Å². The Bertz CT molecular complexity index is 1130. The number of benzene rings is 1. The summed E-state index contributed by atoms with van der Waals surface area (Å²) in [7, 11) is 1.78. The fraction of sp³-hybridized carbons (Fsp3) is 0.577. The van der Waals surface area contributed by atoms with Crippen LogP contribution in [0.25, 0.3) is 0 Å². The van der Waals surface area contributed by atoms with Gasteiger partial charge in [-0.05, 0) is 74.5 Å². The number of carbonyl (C=O) groups is 1. The van der Waals surface area contributed by atoms with Crippen molar-refractivity contribution in [2.45, 2.75) is 75.9 Å². The van der Waals surface area contributed by atoms with Crippen molar-refractivity contribution >= 4 is 11.9 Å². The lowest BCUT2D eigenvalue weighted by molar-refractivity contribution is -0.138. The third kappa shape index (κ3) is 3.08. The molecule has 174 valence electrons. The van der Waals surface area contributed by atoms with E-state index in [0.717, 1.165) is 43.4 Å². The zero-order valence-electron chi connectivity index (χ0n) is 19.5. The summed E-state index contributed by atoms with van der Waals surface area (Å²) in [5.41, 5.74) is 8.99. The van der Waals surface area contributed by atoms with Crippen LogP contribution in [-0.4, -0.2) is 41.5 Å². The number of ether oxygens (including phenoxy) is 1. The summed E-state index contributed by atoms with van der Waals surface area (Å²) in [4.78, 5) is 25.3. The predicted molar refractivity (Wildman–Crippen MR) is 124 cm³/mol. The van der Waals surface area contributed by atoms with Gasteiger partial charge in [0.2, 0.25) is 0 Å². The van der Waals surface area contributed by atoms with Crippen LogP contribution in [-0.2, 0) is 27.9 Å². The number of fused-ring (bicyclic) bond motifs is 3. The number of nitrogens with two attached hydrogens (primary N) is 1. The van der Waals surface area contributed by atoms with E-state index in [0.29, 0.717) is 30.7 Å². The van der Waals surface area contributed by atoms with Crippen LogP contribution in [0.1, 0.15) is 72.8 Å². The number of methoxy groups -OCH3 is 1. The number of aliphatic imine (C=N–C) groups is 1. The van der Waals surface area contributed by atoms with Gasteiger partial charge in [-0.2, -0.15) is 0 Å². The normalized spacial score (nSPS) is 31.0. The third-order valence-electron chi connectivity index (χ3n) is 8.42. The summed E-state index contributed by atoms with van der Waals surface area (Å²) in [6, 6.07) is 6.79. The van der Waals surface area contributed by atoms with E-state index in [1.54, 1.807) is 18.2 Å². The van der Waals surface area contributed by atoms with E-state index < -0.39 is 5.54 Å². The number of nitrogens with zero attached hydrogens (tertiary/aromatic N) is 3. The molecule has 2 spiro atoms. The maximum atomic E-state index is 14.3. The molecule has 2 heterocycles. The molecule has 0 saturated heterocycles. The quantitative estimate of drug-likeness (QED) is 0.754. The van der Waals surface area contributed by atoms with E-state index in [-0.39, 0.29) is 17.4 Å². The average molecular weight is 449 g/mol. The number of rotatable bonds is 5. The summed E-state index contributed by atoms with van der Waals surface area (Å²) >= 11 is 0. The van der Waals surface area contributed by atoms with Crippen LogP contribution in [0.4, 0.5) is 0 Å². The lowest BCUT2D eigenvalue weighted by Crippen LogP contribution is -2.52. The summed E-state index contributed by atoms with van der Waals surface area (Å²) in [5.74, 6) is 2.34. The van der Waals surface area contributed by atoms with Crippen molar-refractivity contribution in [3.8, 4) is 0 Å². The molecule has 1 aromatic heterocycles. The largest absolute Gasteiger partial charge is 0.446 e. The van der Waals surface area contributed by atoms with Gasteiger partial charge in [0.25, 0.3) is 5.91 Å². The lowest BCUT2D eigenvalue weighted by atomic mass is 9.61. The van der Waals surface area contributed by atoms with E-state index in [9.17, 15) is 4.79 Å². The molecule has 7 heteroatoms. The first-order chi connectivity index (χ1) is 16.0. The molecular formula is C26H32N4O3. The Balaban J connectivity index is 1.39. The Labute approximate surface area is 194 Å². The predicted octanol–water partition coefficient (Wildman–Crippen LogP) is 3.59. The minimum atomic E-state index is -0.928. The van der Waals surface area contributed by atoms with Gasteiger partial charge in [-0.1, -0.05) is 18.2 Å². The standard InChI is InChI=1S/C26H32N4O3/c1-16-15-28-22(33-16)9-12-30-23(31)26(29-24(30)27)21-13-18(17-3-4-17)5-6-19(21)14-25(26)10-7-20(32-2)8-11-25/h5-6,13,15,17,20H,3-4,7-12,14H2,1-2H3,(H2,27,29). The molecule has 1 atom stereocenters. The number of hydrogen-bond donors (Lipinski definition) is 1. The molecule has 2 saturated carbocycles. The number of carbonyl (C=O) groups excluding carboxylic acids is 1. The molecule has 1 aliphatic heterocycles. The molecule has 3 aliphatic carbocycles. The highest BCUT2D eigenvalue weighted by Crippen LogP contribution is 2.62. The van der Waals surface area contributed by atoms with Gasteiger partial charge >= 0.3 is 0 Å². The van der Waals surface area contributed by atoms with Gasteiger partial charge in [0, 0.05) is 25.5 Å². The number of oxazole rings is 1. The lowest BCUT2D eigenvalue weighted by Gasteiger charge is -2.45. The summed E-state index contributed by atoms with van der Waals surface area (Å²) in [6.45, 7) is 2.29. The molecule has 0 radical (unpaired) electrons. The molecule has 7 nitrogen and oxygen atoms in total. The molecule has 4 aliphatic rings. The SMILES string of the molecule is COC1CCC2(CC1)Cc1ccc(C3CC3)cc1C21N=C(N)N(CCc2ncc(C)o2)C1=O. The molecule has 1 unspecified atom stereocenters. The Morgan fingerprint density at radius 3 is 2.70 bits per heavy atom. The second kappa shape index (κ2) is 7.42. The number of amides is 1. The Kier molecular flexibility index (Phi) is 4.70. The first-order valence-electron chi connectivity index (χ1n) is 12.2.